The van der Waals surface area contributed by atoms with Crippen LogP contribution in [0.4, 0.5) is 0 Å². The lowest BCUT2D eigenvalue weighted by molar-refractivity contribution is -0.134. The van der Waals surface area contributed by atoms with Crippen LogP contribution in [0.2, 0.25) is 0 Å². The second-order valence-electron chi connectivity index (χ2n) is 8.04. The number of hydrogen-bond acceptors (Lipinski definition) is 2. The lowest BCUT2D eigenvalue weighted by Crippen LogP contribution is -2.53. The Morgan fingerprint density at radius 3 is 2.43 bits per heavy atom. The Labute approximate surface area is 130 Å². The predicted molar refractivity (Wildman–Crippen MR) is 88.1 cm³/mol. The van der Waals surface area contributed by atoms with E-state index >= 15 is 0 Å². The van der Waals surface area contributed by atoms with E-state index in [1.807, 2.05) is 0 Å². The van der Waals surface area contributed by atoms with Gasteiger partial charge in [-0.2, -0.15) is 0 Å². The van der Waals surface area contributed by atoms with Gasteiger partial charge in [0.25, 0.3) is 0 Å². The minimum Gasteiger partial charge on any atom is -0.341 e. The zero-order valence-electron chi connectivity index (χ0n) is 14.4. The van der Waals surface area contributed by atoms with E-state index in [9.17, 15) is 4.79 Å². The molecule has 122 valence electrons. The van der Waals surface area contributed by atoms with Crippen LogP contribution in [-0.2, 0) is 4.79 Å². The first-order valence-electron chi connectivity index (χ1n) is 8.96. The van der Waals surface area contributed by atoms with Gasteiger partial charge in [0.1, 0.15) is 0 Å². The summed E-state index contributed by atoms with van der Waals surface area (Å²) in [4.78, 5) is 14.6. The molecule has 0 aromatic carbocycles. The van der Waals surface area contributed by atoms with Crippen LogP contribution < -0.4 is 5.32 Å². The molecule has 0 spiro atoms. The molecule has 1 N–H and O–H groups in total. The van der Waals surface area contributed by atoms with Gasteiger partial charge in [-0.05, 0) is 49.5 Å². The van der Waals surface area contributed by atoms with Gasteiger partial charge in [0.15, 0.2) is 0 Å². The highest BCUT2D eigenvalue weighted by atomic mass is 16.2. The standard InChI is InChI=1S/C18H34N2O/c1-13(2)8-18(21)20-11-16(14(3)4)9-17(12-20)19-10-15-6-5-7-15/h13-17,19H,5-12H2,1-4H3. The van der Waals surface area contributed by atoms with Gasteiger partial charge in [-0.1, -0.05) is 34.1 Å². The third kappa shape index (κ3) is 4.98. The zero-order chi connectivity index (χ0) is 15.4. The molecule has 0 aromatic rings. The Morgan fingerprint density at radius 2 is 1.90 bits per heavy atom. The van der Waals surface area contributed by atoms with E-state index in [0.717, 1.165) is 25.6 Å². The van der Waals surface area contributed by atoms with E-state index < -0.39 is 0 Å². The number of carbonyl (C=O) groups is 1. The van der Waals surface area contributed by atoms with Crippen molar-refractivity contribution >= 4 is 5.91 Å². The molecule has 2 fully saturated rings. The Hall–Kier alpha value is -0.570. The number of likely N-dealkylation sites (tertiary alicyclic amines) is 1. The molecule has 1 saturated carbocycles. The summed E-state index contributed by atoms with van der Waals surface area (Å²) in [6.07, 6.45) is 6.12. The van der Waals surface area contributed by atoms with Crippen molar-refractivity contribution in [1.29, 1.82) is 0 Å². The van der Waals surface area contributed by atoms with Crippen LogP contribution in [0.3, 0.4) is 0 Å². The van der Waals surface area contributed by atoms with E-state index in [0.29, 0.717) is 36.1 Å². The topological polar surface area (TPSA) is 32.3 Å². The highest BCUT2D eigenvalue weighted by molar-refractivity contribution is 5.76. The monoisotopic (exact) mass is 294 g/mol. The number of amides is 1. The van der Waals surface area contributed by atoms with Crippen molar-refractivity contribution < 1.29 is 4.79 Å². The van der Waals surface area contributed by atoms with Crippen LogP contribution in [0.1, 0.15) is 59.8 Å². The van der Waals surface area contributed by atoms with E-state index in [1.165, 1.54) is 25.7 Å². The highest BCUT2D eigenvalue weighted by Crippen LogP contribution is 2.28. The quantitative estimate of drug-likeness (QED) is 0.815. The fourth-order valence-electron chi connectivity index (χ4n) is 3.48. The predicted octanol–water partition coefficient (Wildman–Crippen LogP) is 3.30. The van der Waals surface area contributed by atoms with E-state index in [4.69, 9.17) is 0 Å². The summed E-state index contributed by atoms with van der Waals surface area (Å²) in [7, 11) is 0. The minimum absolute atomic E-state index is 0.353. The van der Waals surface area contributed by atoms with Gasteiger partial charge >= 0.3 is 0 Å². The van der Waals surface area contributed by atoms with Crippen LogP contribution in [0.5, 0.6) is 0 Å². The maximum absolute atomic E-state index is 12.4. The van der Waals surface area contributed by atoms with Crippen LogP contribution >= 0.6 is 0 Å². The Bertz CT molecular complexity index is 336. The molecular weight excluding hydrogens is 260 g/mol. The normalized spacial score (nSPS) is 27.2. The highest BCUT2D eigenvalue weighted by Gasteiger charge is 2.32. The van der Waals surface area contributed by atoms with Crippen LogP contribution in [0.25, 0.3) is 0 Å². The molecule has 1 aliphatic heterocycles. The maximum atomic E-state index is 12.4. The van der Waals surface area contributed by atoms with Gasteiger partial charge in [-0.3, -0.25) is 4.79 Å². The molecule has 1 saturated heterocycles. The molecule has 1 heterocycles. The van der Waals surface area contributed by atoms with Crippen molar-refractivity contribution in [2.75, 3.05) is 19.6 Å². The second kappa shape index (κ2) is 7.62. The maximum Gasteiger partial charge on any atom is 0.222 e. The SMILES string of the molecule is CC(C)CC(=O)N1CC(NCC2CCC2)CC(C(C)C)C1. The molecule has 0 aromatic heterocycles. The number of piperidine rings is 1. The molecule has 1 aliphatic carbocycles. The van der Waals surface area contributed by atoms with Crippen molar-refractivity contribution in [3.63, 3.8) is 0 Å². The summed E-state index contributed by atoms with van der Waals surface area (Å²) in [5, 5.41) is 3.75. The van der Waals surface area contributed by atoms with Gasteiger partial charge in [0.2, 0.25) is 5.91 Å². The molecule has 2 unspecified atom stereocenters. The first-order valence-corrected chi connectivity index (χ1v) is 8.96. The van der Waals surface area contributed by atoms with Crippen LogP contribution in [0, 0.1) is 23.7 Å². The largest absolute Gasteiger partial charge is 0.341 e. The lowest BCUT2D eigenvalue weighted by atomic mass is 9.83. The van der Waals surface area contributed by atoms with E-state index in [1.54, 1.807) is 0 Å². The fraction of sp³-hybridized carbons (Fsp3) is 0.944. The summed E-state index contributed by atoms with van der Waals surface area (Å²) in [6, 6.07) is 0.503. The number of rotatable bonds is 6. The van der Waals surface area contributed by atoms with Crippen molar-refractivity contribution in [2.45, 2.75) is 65.8 Å². The number of nitrogens with one attached hydrogen (secondary N) is 1. The Morgan fingerprint density at radius 1 is 1.19 bits per heavy atom. The summed E-state index contributed by atoms with van der Waals surface area (Å²) >= 11 is 0. The molecule has 3 heteroatoms. The molecule has 0 bridgehead atoms. The Kier molecular flexibility index (Phi) is 6.09. The summed E-state index contributed by atoms with van der Waals surface area (Å²) < 4.78 is 0. The van der Waals surface area contributed by atoms with Gasteiger partial charge < -0.3 is 10.2 Å². The smallest absolute Gasteiger partial charge is 0.222 e. The van der Waals surface area contributed by atoms with Gasteiger partial charge in [-0.25, -0.2) is 0 Å². The molecule has 2 atom stereocenters. The second-order valence-corrected chi connectivity index (χ2v) is 8.04. The molecule has 2 rings (SSSR count). The third-order valence-electron chi connectivity index (χ3n) is 5.28. The number of carbonyl (C=O) groups excluding carboxylic acids is 1. The minimum atomic E-state index is 0.353. The third-order valence-corrected chi connectivity index (χ3v) is 5.28. The van der Waals surface area contributed by atoms with Gasteiger partial charge in [0, 0.05) is 25.6 Å². The lowest BCUT2D eigenvalue weighted by Gasteiger charge is -2.41. The van der Waals surface area contributed by atoms with Crippen molar-refractivity contribution in [3.8, 4) is 0 Å². The van der Waals surface area contributed by atoms with Gasteiger partial charge in [-0.15, -0.1) is 0 Å². The molecular formula is C18H34N2O. The summed E-state index contributed by atoms with van der Waals surface area (Å²) in [6.45, 7) is 11.9. The van der Waals surface area contributed by atoms with E-state index in [-0.39, 0.29) is 0 Å². The average Bonchev–Trinajstić information content (AvgIpc) is 2.35. The molecule has 3 nitrogen and oxygen atoms in total. The molecule has 1 amide bonds. The first-order chi connectivity index (χ1) is 9.95. The first kappa shape index (κ1) is 16.8. The Balaban J connectivity index is 1.88. The number of nitrogens with zero attached hydrogens (tertiary/aromatic N) is 1. The summed E-state index contributed by atoms with van der Waals surface area (Å²) in [5.41, 5.74) is 0. The molecule has 21 heavy (non-hydrogen) atoms. The molecule has 2 aliphatic rings. The zero-order valence-corrected chi connectivity index (χ0v) is 14.4. The van der Waals surface area contributed by atoms with Crippen molar-refractivity contribution in [1.82, 2.24) is 10.2 Å². The average molecular weight is 294 g/mol. The fourth-order valence-corrected chi connectivity index (χ4v) is 3.48. The van der Waals surface area contributed by atoms with E-state index in [2.05, 4.69) is 37.9 Å². The van der Waals surface area contributed by atoms with Crippen molar-refractivity contribution in [3.05, 3.63) is 0 Å². The van der Waals surface area contributed by atoms with Crippen LogP contribution in [0.15, 0.2) is 0 Å². The van der Waals surface area contributed by atoms with Crippen LogP contribution in [-0.4, -0.2) is 36.5 Å². The van der Waals surface area contributed by atoms with Gasteiger partial charge in [0.05, 0.1) is 0 Å². The van der Waals surface area contributed by atoms with Crippen molar-refractivity contribution in [2.24, 2.45) is 23.7 Å². The molecule has 0 radical (unpaired) electrons. The summed E-state index contributed by atoms with van der Waals surface area (Å²) in [5.74, 6) is 3.01. The number of hydrogen-bond donors (Lipinski definition) is 1.